The van der Waals surface area contributed by atoms with Crippen molar-refractivity contribution in [3.05, 3.63) is 35.4 Å². The molecule has 5 nitrogen and oxygen atoms in total. The molecule has 3 rings (SSSR count). The minimum Gasteiger partial charge on any atom is -0.437 e. The van der Waals surface area contributed by atoms with Crippen molar-refractivity contribution in [2.24, 2.45) is 0 Å². The van der Waals surface area contributed by atoms with E-state index in [2.05, 4.69) is 15.0 Å². The van der Waals surface area contributed by atoms with Crippen LogP contribution in [0.2, 0.25) is 0 Å². The zero-order valence-corrected chi connectivity index (χ0v) is 11.1. The summed E-state index contributed by atoms with van der Waals surface area (Å²) < 4.78 is 5.77. The maximum absolute atomic E-state index is 5.92. The van der Waals surface area contributed by atoms with Gasteiger partial charge in [0.1, 0.15) is 17.4 Å². The van der Waals surface area contributed by atoms with E-state index < -0.39 is 0 Å². The fraction of sp³-hybridized carbons (Fsp3) is 0.357. The summed E-state index contributed by atoms with van der Waals surface area (Å²) in [6, 6.07) is 3.77. The fourth-order valence-electron chi connectivity index (χ4n) is 1.78. The Balaban J connectivity index is 1.92. The van der Waals surface area contributed by atoms with Gasteiger partial charge in [0.25, 0.3) is 0 Å². The van der Waals surface area contributed by atoms with Crippen molar-refractivity contribution in [3.63, 3.8) is 0 Å². The van der Waals surface area contributed by atoms with E-state index in [0.29, 0.717) is 23.4 Å². The van der Waals surface area contributed by atoms with Gasteiger partial charge in [-0.15, -0.1) is 0 Å². The summed E-state index contributed by atoms with van der Waals surface area (Å²) in [5, 5.41) is 0. The van der Waals surface area contributed by atoms with Crippen LogP contribution < -0.4 is 10.5 Å². The molecule has 1 aliphatic rings. The first-order valence-corrected chi connectivity index (χ1v) is 6.38. The third-order valence-corrected chi connectivity index (χ3v) is 3.20. The predicted molar refractivity (Wildman–Crippen MR) is 72.2 cm³/mol. The molecule has 0 amide bonds. The molecule has 0 unspecified atom stereocenters. The smallest absolute Gasteiger partial charge is 0.227 e. The average Bonchev–Trinajstić information content (AvgIpc) is 3.21. The summed E-state index contributed by atoms with van der Waals surface area (Å²) in [4.78, 5) is 13.0. The van der Waals surface area contributed by atoms with Crippen LogP contribution in [0.15, 0.2) is 18.3 Å². The average molecular weight is 256 g/mol. The van der Waals surface area contributed by atoms with Gasteiger partial charge in [0.2, 0.25) is 5.88 Å². The van der Waals surface area contributed by atoms with E-state index in [1.54, 1.807) is 6.20 Å². The molecular formula is C14H16N4O. The number of nitrogens with two attached hydrogens (primary N) is 1. The minimum absolute atomic E-state index is 0.446. The molecule has 5 heteroatoms. The Labute approximate surface area is 111 Å². The van der Waals surface area contributed by atoms with Gasteiger partial charge in [-0.2, -0.15) is 4.98 Å². The predicted octanol–water partition coefficient (Wildman–Crippen LogP) is 2.74. The van der Waals surface area contributed by atoms with Crippen LogP contribution in [0.1, 0.15) is 35.8 Å². The van der Waals surface area contributed by atoms with Crippen LogP contribution in [0.4, 0.5) is 5.82 Å². The van der Waals surface area contributed by atoms with E-state index in [1.165, 1.54) is 0 Å². The van der Waals surface area contributed by atoms with E-state index in [9.17, 15) is 0 Å². The van der Waals surface area contributed by atoms with Gasteiger partial charge >= 0.3 is 0 Å². The Kier molecular flexibility index (Phi) is 2.81. The summed E-state index contributed by atoms with van der Waals surface area (Å²) in [7, 11) is 0. The van der Waals surface area contributed by atoms with Crippen molar-refractivity contribution in [3.8, 4) is 11.6 Å². The second-order valence-corrected chi connectivity index (χ2v) is 4.91. The quantitative estimate of drug-likeness (QED) is 0.914. The Morgan fingerprint density at radius 1 is 1.21 bits per heavy atom. The van der Waals surface area contributed by atoms with E-state index in [4.69, 9.17) is 10.5 Å². The van der Waals surface area contributed by atoms with E-state index >= 15 is 0 Å². The summed E-state index contributed by atoms with van der Waals surface area (Å²) in [5.74, 6) is 2.92. The van der Waals surface area contributed by atoms with Crippen LogP contribution >= 0.6 is 0 Å². The summed E-state index contributed by atoms with van der Waals surface area (Å²) in [6.07, 6.45) is 3.95. The molecule has 2 aromatic heterocycles. The number of hydrogen-bond acceptors (Lipinski definition) is 5. The highest BCUT2D eigenvalue weighted by Gasteiger charge is 2.28. The maximum Gasteiger partial charge on any atom is 0.227 e. The van der Waals surface area contributed by atoms with Crippen molar-refractivity contribution >= 4 is 5.82 Å². The largest absolute Gasteiger partial charge is 0.437 e. The Morgan fingerprint density at radius 3 is 2.63 bits per heavy atom. The van der Waals surface area contributed by atoms with Gasteiger partial charge in [0.05, 0.1) is 11.8 Å². The molecule has 0 bridgehead atoms. The zero-order chi connectivity index (χ0) is 13.4. The molecule has 0 saturated heterocycles. The number of pyridine rings is 1. The van der Waals surface area contributed by atoms with Crippen molar-refractivity contribution in [2.45, 2.75) is 32.6 Å². The molecular weight excluding hydrogens is 240 g/mol. The molecule has 2 aromatic rings. The molecule has 1 aliphatic carbocycles. The number of ether oxygens (including phenoxy) is 1. The van der Waals surface area contributed by atoms with Crippen LogP contribution in [-0.4, -0.2) is 15.0 Å². The second-order valence-electron chi connectivity index (χ2n) is 4.91. The summed E-state index contributed by atoms with van der Waals surface area (Å²) in [5.41, 5.74) is 7.64. The van der Waals surface area contributed by atoms with Gasteiger partial charge in [-0.25, -0.2) is 4.98 Å². The molecule has 0 atom stereocenters. The maximum atomic E-state index is 5.92. The third-order valence-electron chi connectivity index (χ3n) is 3.20. The molecule has 2 N–H and O–H groups in total. The fourth-order valence-corrected chi connectivity index (χ4v) is 1.78. The number of nitrogen functional groups attached to an aromatic ring is 1. The Morgan fingerprint density at radius 2 is 2.00 bits per heavy atom. The highest BCUT2D eigenvalue weighted by Crippen LogP contribution is 2.40. The normalized spacial score (nSPS) is 14.4. The first-order chi connectivity index (χ1) is 9.13. The highest BCUT2D eigenvalue weighted by molar-refractivity contribution is 5.46. The second kappa shape index (κ2) is 4.50. The number of aromatic nitrogens is 3. The molecule has 19 heavy (non-hydrogen) atoms. The van der Waals surface area contributed by atoms with E-state index in [0.717, 1.165) is 29.9 Å². The van der Waals surface area contributed by atoms with Crippen LogP contribution in [-0.2, 0) is 0 Å². The Hall–Kier alpha value is -2.17. The number of hydrogen-bond donors (Lipinski definition) is 1. The van der Waals surface area contributed by atoms with Gasteiger partial charge in [0, 0.05) is 11.6 Å². The van der Waals surface area contributed by atoms with Gasteiger partial charge in [-0.3, -0.25) is 4.98 Å². The lowest BCUT2D eigenvalue weighted by Crippen LogP contribution is -2.04. The van der Waals surface area contributed by atoms with Crippen molar-refractivity contribution in [1.82, 2.24) is 15.0 Å². The molecule has 0 radical (unpaired) electrons. The molecule has 0 aliphatic heterocycles. The minimum atomic E-state index is 0.446. The van der Waals surface area contributed by atoms with Crippen LogP contribution in [0.25, 0.3) is 0 Å². The van der Waals surface area contributed by atoms with Gasteiger partial charge in [-0.1, -0.05) is 0 Å². The molecule has 1 fully saturated rings. The number of anilines is 1. The lowest BCUT2D eigenvalue weighted by atomic mass is 10.3. The summed E-state index contributed by atoms with van der Waals surface area (Å²) >= 11 is 0. The zero-order valence-electron chi connectivity index (χ0n) is 11.1. The Bertz CT molecular complexity index is 606. The van der Waals surface area contributed by atoms with Crippen molar-refractivity contribution in [2.75, 3.05) is 5.73 Å². The van der Waals surface area contributed by atoms with Gasteiger partial charge in [-0.05, 0) is 38.8 Å². The van der Waals surface area contributed by atoms with Crippen molar-refractivity contribution in [1.29, 1.82) is 0 Å². The third kappa shape index (κ3) is 2.50. The molecule has 98 valence electrons. The van der Waals surface area contributed by atoms with Crippen LogP contribution in [0.3, 0.4) is 0 Å². The van der Waals surface area contributed by atoms with Gasteiger partial charge < -0.3 is 10.5 Å². The number of nitrogens with zero attached hydrogens (tertiary/aromatic N) is 3. The highest BCUT2D eigenvalue weighted by atomic mass is 16.5. The van der Waals surface area contributed by atoms with Crippen LogP contribution in [0.5, 0.6) is 11.6 Å². The summed E-state index contributed by atoms with van der Waals surface area (Å²) in [6.45, 7) is 3.80. The van der Waals surface area contributed by atoms with E-state index in [1.807, 2.05) is 26.0 Å². The first-order valence-electron chi connectivity index (χ1n) is 6.38. The lowest BCUT2D eigenvalue weighted by Gasteiger charge is -2.10. The van der Waals surface area contributed by atoms with Crippen LogP contribution in [0, 0.1) is 13.8 Å². The van der Waals surface area contributed by atoms with Gasteiger partial charge in [0.15, 0.2) is 0 Å². The van der Waals surface area contributed by atoms with E-state index in [-0.39, 0.29) is 0 Å². The van der Waals surface area contributed by atoms with Crippen molar-refractivity contribution < 1.29 is 4.74 Å². The first kappa shape index (κ1) is 11.9. The standard InChI is InChI=1S/C14H16N4O/c1-8-3-6-11(7-16-8)19-14-9(2)12(15)17-13(18-14)10-4-5-10/h3,6-7,10H,4-5H2,1-2H3,(H2,15,17,18). The molecule has 0 aromatic carbocycles. The number of aryl methyl sites for hydroxylation is 1. The monoisotopic (exact) mass is 256 g/mol. The topological polar surface area (TPSA) is 73.9 Å². The molecule has 2 heterocycles. The SMILES string of the molecule is Cc1ccc(Oc2nc(C3CC3)nc(N)c2C)cn1. The number of rotatable bonds is 3. The lowest BCUT2D eigenvalue weighted by molar-refractivity contribution is 0.452. The molecule has 1 saturated carbocycles. The molecule has 0 spiro atoms.